The van der Waals surface area contributed by atoms with Crippen LogP contribution in [0.15, 0.2) is 12.4 Å². The molecule has 108 valence electrons. The summed E-state index contributed by atoms with van der Waals surface area (Å²) in [5, 5.41) is 3.27. The second kappa shape index (κ2) is 7.40. The van der Waals surface area contributed by atoms with Gasteiger partial charge in [-0.2, -0.15) is 0 Å². The smallest absolute Gasteiger partial charge is 0.225 e. The van der Waals surface area contributed by atoms with E-state index in [0.29, 0.717) is 12.5 Å². The van der Waals surface area contributed by atoms with E-state index >= 15 is 0 Å². The second-order valence-corrected chi connectivity index (χ2v) is 6.88. The average Bonchev–Trinajstić information content (AvgIpc) is 2.36. The largest absolute Gasteiger partial charge is 0.343 e. The fraction of sp³-hybridized carbons (Fsp3) is 0.667. The molecule has 0 saturated heterocycles. The minimum Gasteiger partial charge on any atom is -0.343 e. The van der Waals surface area contributed by atoms with Gasteiger partial charge in [-0.3, -0.25) is 0 Å². The van der Waals surface area contributed by atoms with Crippen LogP contribution in [0.1, 0.15) is 18.9 Å². The summed E-state index contributed by atoms with van der Waals surface area (Å²) < 4.78 is 22.2. The van der Waals surface area contributed by atoms with Gasteiger partial charge in [-0.25, -0.2) is 18.4 Å². The fourth-order valence-corrected chi connectivity index (χ4v) is 2.05. The summed E-state index contributed by atoms with van der Waals surface area (Å²) in [6.45, 7) is 4.23. The highest BCUT2D eigenvalue weighted by Gasteiger charge is 2.08. The molecule has 0 atom stereocenters. The quantitative estimate of drug-likeness (QED) is 0.700. The summed E-state index contributed by atoms with van der Waals surface area (Å²) in [4.78, 5) is 10.2. The molecule has 0 aromatic carbocycles. The Hall–Kier alpha value is -1.21. The highest BCUT2D eigenvalue weighted by Crippen LogP contribution is 2.05. The molecule has 0 aliphatic heterocycles. The Morgan fingerprint density at radius 1 is 1.32 bits per heavy atom. The number of aromatic nitrogens is 2. The molecule has 0 bridgehead atoms. The monoisotopic (exact) mass is 286 g/mol. The third-order valence-corrected chi connectivity index (χ3v) is 3.51. The Morgan fingerprint density at radius 2 is 1.95 bits per heavy atom. The summed E-state index contributed by atoms with van der Waals surface area (Å²) in [7, 11) is -1.17. The van der Waals surface area contributed by atoms with Crippen LogP contribution in [0.25, 0.3) is 0 Å². The van der Waals surface area contributed by atoms with Crippen molar-refractivity contribution in [1.82, 2.24) is 15.3 Å². The number of sulfone groups is 1. The summed E-state index contributed by atoms with van der Waals surface area (Å²) in [6, 6.07) is 0. The molecule has 0 aliphatic rings. The SMILES string of the molecule is CCCNCc1cnc(N(C)CCS(C)(=O)=O)nc1. The van der Waals surface area contributed by atoms with Gasteiger partial charge in [0.05, 0.1) is 5.75 Å². The summed E-state index contributed by atoms with van der Waals surface area (Å²) in [5.74, 6) is 0.648. The highest BCUT2D eigenvalue weighted by atomic mass is 32.2. The Kier molecular flexibility index (Phi) is 6.17. The van der Waals surface area contributed by atoms with E-state index in [1.54, 1.807) is 24.3 Å². The molecule has 1 rings (SSSR count). The van der Waals surface area contributed by atoms with Crippen molar-refractivity contribution in [2.75, 3.05) is 37.0 Å². The molecule has 7 heteroatoms. The molecule has 0 unspecified atom stereocenters. The number of hydrogen-bond acceptors (Lipinski definition) is 6. The van der Waals surface area contributed by atoms with Crippen LogP contribution in [0.3, 0.4) is 0 Å². The van der Waals surface area contributed by atoms with Crippen molar-refractivity contribution in [3.8, 4) is 0 Å². The average molecular weight is 286 g/mol. The maximum atomic E-state index is 11.1. The van der Waals surface area contributed by atoms with Crippen molar-refractivity contribution in [3.05, 3.63) is 18.0 Å². The van der Waals surface area contributed by atoms with Crippen molar-refractivity contribution in [1.29, 1.82) is 0 Å². The standard InChI is InChI=1S/C12H22N4O2S/c1-4-5-13-8-11-9-14-12(15-10-11)16(2)6-7-19(3,17)18/h9-10,13H,4-8H2,1-3H3. The molecule has 0 fully saturated rings. The van der Waals surface area contributed by atoms with Gasteiger partial charge in [-0.05, 0) is 13.0 Å². The molecule has 1 N–H and O–H groups in total. The van der Waals surface area contributed by atoms with Crippen molar-refractivity contribution < 1.29 is 8.42 Å². The number of nitrogens with zero attached hydrogens (tertiary/aromatic N) is 3. The maximum Gasteiger partial charge on any atom is 0.225 e. The first kappa shape index (κ1) is 15.8. The normalized spacial score (nSPS) is 11.5. The molecule has 1 heterocycles. The first-order valence-electron chi connectivity index (χ1n) is 6.33. The van der Waals surface area contributed by atoms with Crippen molar-refractivity contribution in [2.24, 2.45) is 0 Å². The van der Waals surface area contributed by atoms with Crippen LogP contribution in [-0.2, 0) is 16.4 Å². The second-order valence-electron chi connectivity index (χ2n) is 4.62. The minimum absolute atomic E-state index is 0.104. The van der Waals surface area contributed by atoms with E-state index in [-0.39, 0.29) is 5.75 Å². The van der Waals surface area contributed by atoms with E-state index in [2.05, 4.69) is 22.2 Å². The zero-order chi connectivity index (χ0) is 14.3. The Balaban J connectivity index is 2.50. The third kappa shape index (κ3) is 6.49. The molecule has 0 saturated carbocycles. The molecular formula is C12H22N4O2S. The van der Waals surface area contributed by atoms with E-state index in [9.17, 15) is 8.42 Å². The molecule has 0 radical (unpaired) electrons. The van der Waals surface area contributed by atoms with Crippen LogP contribution in [0.5, 0.6) is 0 Å². The first-order valence-corrected chi connectivity index (χ1v) is 8.39. The van der Waals surface area contributed by atoms with Gasteiger partial charge in [0.25, 0.3) is 0 Å². The minimum atomic E-state index is -2.96. The predicted octanol–water partition coefficient (Wildman–Crippen LogP) is 0.457. The number of nitrogens with one attached hydrogen (secondary N) is 1. The van der Waals surface area contributed by atoms with E-state index in [4.69, 9.17) is 0 Å². The van der Waals surface area contributed by atoms with Gasteiger partial charge in [0, 0.05) is 44.4 Å². The van der Waals surface area contributed by atoms with Gasteiger partial charge in [0.1, 0.15) is 9.84 Å². The highest BCUT2D eigenvalue weighted by molar-refractivity contribution is 7.90. The van der Waals surface area contributed by atoms with Crippen molar-refractivity contribution in [3.63, 3.8) is 0 Å². The summed E-state index contributed by atoms with van der Waals surface area (Å²) >= 11 is 0. The third-order valence-electron chi connectivity index (χ3n) is 2.59. The Morgan fingerprint density at radius 3 is 2.47 bits per heavy atom. The molecule has 0 amide bonds. The van der Waals surface area contributed by atoms with Crippen LogP contribution < -0.4 is 10.2 Å². The summed E-state index contributed by atoms with van der Waals surface area (Å²) in [5.41, 5.74) is 1.02. The van der Waals surface area contributed by atoms with E-state index in [1.165, 1.54) is 6.26 Å². The lowest BCUT2D eigenvalue weighted by molar-refractivity contribution is 0.600. The molecule has 1 aromatic rings. The zero-order valence-electron chi connectivity index (χ0n) is 11.8. The van der Waals surface area contributed by atoms with E-state index < -0.39 is 9.84 Å². The van der Waals surface area contributed by atoms with Gasteiger partial charge in [-0.1, -0.05) is 6.92 Å². The molecule has 19 heavy (non-hydrogen) atoms. The molecule has 0 spiro atoms. The lowest BCUT2D eigenvalue weighted by Crippen LogP contribution is -2.26. The van der Waals surface area contributed by atoms with Gasteiger partial charge in [0.15, 0.2) is 0 Å². The van der Waals surface area contributed by atoms with Crippen molar-refractivity contribution in [2.45, 2.75) is 19.9 Å². The lowest BCUT2D eigenvalue weighted by Gasteiger charge is -2.16. The first-order chi connectivity index (χ1) is 8.92. The molecule has 0 aliphatic carbocycles. The number of rotatable bonds is 8. The predicted molar refractivity (Wildman–Crippen MR) is 77.0 cm³/mol. The number of anilines is 1. The fourth-order valence-electron chi connectivity index (χ4n) is 1.45. The van der Waals surface area contributed by atoms with Gasteiger partial charge >= 0.3 is 0 Å². The van der Waals surface area contributed by atoms with Crippen LogP contribution in [-0.4, -0.2) is 50.5 Å². The van der Waals surface area contributed by atoms with Gasteiger partial charge in [-0.15, -0.1) is 0 Å². The topological polar surface area (TPSA) is 75.2 Å². The Bertz CT molecular complexity index is 473. The maximum absolute atomic E-state index is 11.1. The van der Waals surface area contributed by atoms with Gasteiger partial charge in [0.2, 0.25) is 5.95 Å². The van der Waals surface area contributed by atoms with Crippen molar-refractivity contribution >= 4 is 15.8 Å². The van der Waals surface area contributed by atoms with Gasteiger partial charge < -0.3 is 10.2 Å². The van der Waals surface area contributed by atoms with E-state index in [1.807, 2.05) is 0 Å². The zero-order valence-corrected chi connectivity index (χ0v) is 12.6. The summed E-state index contributed by atoms with van der Waals surface area (Å²) in [6.07, 6.45) is 5.85. The van der Waals surface area contributed by atoms with Crippen LogP contribution in [0.4, 0.5) is 5.95 Å². The van der Waals surface area contributed by atoms with Crippen LogP contribution in [0, 0.1) is 0 Å². The molecular weight excluding hydrogens is 264 g/mol. The molecule has 6 nitrogen and oxygen atoms in total. The molecule has 1 aromatic heterocycles. The van der Waals surface area contributed by atoms with Crippen LogP contribution >= 0.6 is 0 Å². The lowest BCUT2D eigenvalue weighted by atomic mass is 10.3. The van der Waals surface area contributed by atoms with Crippen LogP contribution in [0.2, 0.25) is 0 Å². The number of hydrogen-bond donors (Lipinski definition) is 1. The Labute approximate surface area is 115 Å². The van der Waals surface area contributed by atoms with E-state index in [0.717, 1.165) is 25.1 Å².